The van der Waals surface area contributed by atoms with Gasteiger partial charge in [-0.05, 0) is 32.4 Å². The molecule has 1 aromatic rings. The zero-order chi connectivity index (χ0) is 13.2. The van der Waals surface area contributed by atoms with Crippen LogP contribution >= 0.6 is 15.9 Å². The molecule has 1 aromatic carbocycles. The van der Waals surface area contributed by atoms with Gasteiger partial charge in [0.1, 0.15) is 6.61 Å². The number of ether oxygens (including phenoxy) is 2. The Kier molecular flexibility index (Phi) is 7.85. The van der Waals surface area contributed by atoms with Crippen LogP contribution in [0.5, 0.6) is 11.5 Å². The predicted octanol–water partition coefficient (Wildman–Crippen LogP) is 3.23. The van der Waals surface area contributed by atoms with Gasteiger partial charge in [0, 0.05) is 17.9 Å². The molecule has 102 valence electrons. The van der Waals surface area contributed by atoms with Crippen molar-refractivity contribution >= 4 is 15.9 Å². The average molecular weight is 316 g/mol. The molecule has 0 spiro atoms. The van der Waals surface area contributed by atoms with Crippen molar-refractivity contribution in [2.24, 2.45) is 0 Å². The summed E-state index contributed by atoms with van der Waals surface area (Å²) in [5, 5.41) is 4.43. The van der Waals surface area contributed by atoms with Gasteiger partial charge in [0.25, 0.3) is 0 Å². The second-order valence-corrected chi connectivity index (χ2v) is 4.85. The minimum Gasteiger partial charge on any atom is -0.490 e. The zero-order valence-corrected chi connectivity index (χ0v) is 12.7. The van der Waals surface area contributed by atoms with E-state index < -0.39 is 0 Å². The third kappa shape index (κ3) is 5.74. The van der Waals surface area contributed by atoms with Gasteiger partial charge in [-0.25, -0.2) is 0 Å². The predicted molar refractivity (Wildman–Crippen MR) is 79.0 cm³/mol. The number of alkyl halides is 1. The van der Waals surface area contributed by atoms with Crippen LogP contribution in [0.4, 0.5) is 0 Å². The molecule has 0 radical (unpaired) electrons. The van der Waals surface area contributed by atoms with E-state index in [0.29, 0.717) is 19.3 Å². The minimum atomic E-state index is 0.509. The molecular formula is C14H22BrNO2. The maximum atomic E-state index is 5.72. The third-order valence-corrected chi connectivity index (χ3v) is 3.00. The maximum Gasteiger partial charge on any atom is 0.161 e. The highest BCUT2D eigenvalue weighted by Crippen LogP contribution is 2.25. The Bertz CT molecular complexity index is 333. The third-order valence-electron chi connectivity index (χ3n) is 2.54. The van der Waals surface area contributed by atoms with Crippen molar-refractivity contribution in [3.63, 3.8) is 0 Å². The molecular weight excluding hydrogens is 294 g/mol. The minimum absolute atomic E-state index is 0.509. The van der Waals surface area contributed by atoms with E-state index in [1.807, 2.05) is 31.2 Å². The van der Waals surface area contributed by atoms with Gasteiger partial charge in [-0.1, -0.05) is 28.1 Å². The molecule has 1 atom stereocenters. The average Bonchev–Trinajstić information content (AvgIpc) is 2.37. The van der Waals surface area contributed by atoms with E-state index in [9.17, 15) is 0 Å². The molecule has 0 fully saturated rings. The lowest BCUT2D eigenvalue weighted by molar-refractivity contribution is 0.272. The zero-order valence-electron chi connectivity index (χ0n) is 11.1. The maximum absolute atomic E-state index is 5.72. The van der Waals surface area contributed by atoms with E-state index in [2.05, 4.69) is 28.2 Å². The molecule has 0 saturated carbocycles. The Hall–Kier alpha value is -0.740. The molecule has 0 aliphatic carbocycles. The fraction of sp³-hybridized carbons (Fsp3) is 0.571. The Morgan fingerprint density at radius 1 is 1.22 bits per heavy atom. The summed E-state index contributed by atoms with van der Waals surface area (Å²) in [6.07, 6.45) is 1.12. The number of halogens is 1. The van der Waals surface area contributed by atoms with Crippen molar-refractivity contribution in [3.05, 3.63) is 24.3 Å². The van der Waals surface area contributed by atoms with Gasteiger partial charge in [-0.15, -0.1) is 0 Å². The summed E-state index contributed by atoms with van der Waals surface area (Å²) in [6.45, 7) is 6.29. The van der Waals surface area contributed by atoms with E-state index in [0.717, 1.165) is 29.8 Å². The van der Waals surface area contributed by atoms with Crippen LogP contribution in [0.2, 0.25) is 0 Å². The van der Waals surface area contributed by atoms with Gasteiger partial charge < -0.3 is 14.8 Å². The summed E-state index contributed by atoms with van der Waals surface area (Å²) in [7, 11) is 0. The van der Waals surface area contributed by atoms with Crippen molar-refractivity contribution < 1.29 is 9.47 Å². The van der Waals surface area contributed by atoms with Crippen LogP contribution in [-0.2, 0) is 0 Å². The van der Waals surface area contributed by atoms with Gasteiger partial charge in [0.2, 0.25) is 0 Å². The quantitative estimate of drug-likeness (QED) is 0.560. The Labute approximate surface area is 118 Å². The molecule has 4 heteroatoms. The molecule has 0 aliphatic heterocycles. The number of nitrogens with one attached hydrogen (secondary N) is 1. The first-order valence-electron chi connectivity index (χ1n) is 6.42. The highest BCUT2D eigenvalue weighted by atomic mass is 79.9. The van der Waals surface area contributed by atoms with Crippen LogP contribution in [0.15, 0.2) is 24.3 Å². The molecule has 0 heterocycles. The van der Waals surface area contributed by atoms with Gasteiger partial charge >= 0.3 is 0 Å². The molecule has 1 rings (SSSR count). The Balaban J connectivity index is 2.30. The van der Waals surface area contributed by atoms with Crippen molar-refractivity contribution in [2.75, 3.05) is 25.1 Å². The lowest BCUT2D eigenvalue weighted by Crippen LogP contribution is -2.30. The van der Waals surface area contributed by atoms with Crippen molar-refractivity contribution in [2.45, 2.75) is 26.3 Å². The van der Waals surface area contributed by atoms with Crippen LogP contribution in [-0.4, -0.2) is 31.1 Å². The molecule has 0 saturated heterocycles. The second-order valence-electron chi connectivity index (χ2n) is 4.06. The lowest BCUT2D eigenvalue weighted by atomic mass is 10.3. The molecule has 1 unspecified atom stereocenters. The van der Waals surface area contributed by atoms with E-state index in [4.69, 9.17) is 9.47 Å². The van der Waals surface area contributed by atoms with E-state index in [1.165, 1.54) is 0 Å². The molecule has 0 aromatic heterocycles. The van der Waals surface area contributed by atoms with Crippen molar-refractivity contribution in [1.29, 1.82) is 0 Å². The number of hydrogen-bond donors (Lipinski definition) is 1. The topological polar surface area (TPSA) is 30.5 Å². The number of rotatable bonds is 9. The Morgan fingerprint density at radius 2 is 1.89 bits per heavy atom. The standard InChI is InChI=1S/C14H22BrNO2/c1-3-17-13-6-4-5-7-14(13)18-11-10-16-12(2)8-9-15/h4-7,12,16H,3,8-11H2,1-2H3. The van der Waals surface area contributed by atoms with E-state index in [1.54, 1.807) is 0 Å². The lowest BCUT2D eigenvalue weighted by Gasteiger charge is -2.14. The summed E-state index contributed by atoms with van der Waals surface area (Å²) in [5.41, 5.74) is 0. The summed E-state index contributed by atoms with van der Waals surface area (Å²) in [5.74, 6) is 1.63. The normalized spacial score (nSPS) is 12.2. The van der Waals surface area contributed by atoms with Crippen molar-refractivity contribution in [3.8, 4) is 11.5 Å². The fourth-order valence-electron chi connectivity index (χ4n) is 1.58. The summed E-state index contributed by atoms with van der Waals surface area (Å²) >= 11 is 3.43. The molecule has 0 bridgehead atoms. The molecule has 0 aliphatic rings. The highest BCUT2D eigenvalue weighted by molar-refractivity contribution is 9.09. The smallest absolute Gasteiger partial charge is 0.161 e. The number of hydrogen-bond acceptors (Lipinski definition) is 3. The summed E-state index contributed by atoms with van der Waals surface area (Å²) in [6, 6.07) is 8.29. The summed E-state index contributed by atoms with van der Waals surface area (Å²) < 4.78 is 11.2. The SMILES string of the molecule is CCOc1ccccc1OCCNC(C)CCBr. The molecule has 3 nitrogen and oxygen atoms in total. The van der Waals surface area contributed by atoms with Gasteiger partial charge in [0.05, 0.1) is 6.61 Å². The van der Waals surface area contributed by atoms with Crippen molar-refractivity contribution in [1.82, 2.24) is 5.32 Å². The van der Waals surface area contributed by atoms with Gasteiger partial charge in [-0.3, -0.25) is 0 Å². The van der Waals surface area contributed by atoms with E-state index >= 15 is 0 Å². The number of para-hydroxylation sites is 2. The first-order valence-corrected chi connectivity index (χ1v) is 7.54. The first kappa shape index (κ1) is 15.3. The molecule has 1 N–H and O–H groups in total. The second kappa shape index (κ2) is 9.22. The number of benzene rings is 1. The van der Waals surface area contributed by atoms with Crippen LogP contribution in [0.1, 0.15) is 20.3 Å². The van der Waals surface area contributed by atoms with Gasteiger partial charge in [0.15, 0.2) is 11.5 Å². The Morgan fingerprint density at radius 3 is 2.50 bits per heavy atom. The monoisotopic (exact) mass is 315 g/mol. The van der Waals surface area contributed by atoms with Crippen LogP contribution < -0.4 is 14.8 Å². The highest BCUT2D eigenvalue weighted by Gasteiger charge is 2.03. The van der Waals surface area contributed by atoms with E-state index in [-0.39, 0.29) is 0 Å². The molecule has 0 amide bonds. The van der Waals surface area contributed by atoms with Gasteiger partial charge in [-0.2, -0.15) is 0 Å². The van der Waals surface area contributed by atoms with Crippen LogP contribution in [0.25, 0.3) is 0 Å². The fourth-order valence-corrected chi connectivity index (χ4v) is 2.26. The van der Waals surface area contributed by atoms with Crippen LogP contribution in [0, 0.1) is 0 Å². The van der Waals surface area contributed by atoms with Crippen LogP contribution in [0.3, 0.4) is 0 Å². The molecule has 18 heavy (non-hydrogen) atoms. The largest absolute Gasteiger partial charge is 0.490 e. The first-order chi connectivity index (χ1) is 8.77. The summed E-state index contributed by atoms with van der Waals surface area (Å²) in [4.78, 5) is 0.